The number of unbranched alkanes of at least 4 members (excludes halogenated alkanes) is 1. The van der Waals surface area contributed by atoms with Crippen molar-refractivity contribution in [1.82, 2.24) is 0 Å². The zero-order valence-electron chi connectivity index (χ0n) is 11.9. The van der Waals surface area contributed by atoms with Gasteiger partial charge in [-0.2, -0.15) is 0 Å². The minimum absolute atomic E-state index is 0.0690. The van der Waals surface area contributed by atoms with E-state index in [1.54, 1.807) is 6.08 Å². The molecule has 2 aromatic rings. The zero-order chi connectivity index (χ0) is 14.5. The lowest BCUT2D eigenvalue weighted by molar-refractivity contribution is 0.104. The summed E-state index contributed by atoms with van der Waals surface area (Å²) in [4.78, 5) is 11.6. The van der Waals surface area contributed by atoms with Crippen molar-refractivity contribution in [3.63, 3.8) is 0 Å². The molecule has 0 aromatic heterocycles. The van der Waals surface area contributed by atoms with Crippen LogP contribution in [0.15, 0.2) is 54.6 Å². The first-order chi connectivity index (χ1) is 10.3. The summed E-state index contributed by atoms with van der Waals surface area (Å²) in [6.45, 7) is 0.688. The van der Waals surface area contributed by atoms with Crippen LogP contribution in [0.3, 0.4) is 0 Å². The molecule has 1 aliphatic rings. The molecule has 0 amide bonds. The molecule has 0 N–H and O–H groups in total. The highest BCUT2D eigenvalue weighted by Gasteiger charge is 2.14. The number of carbonyl (C=O) groups excluding carboxylic acids is 1. The highest BCUT2D eigenvalue weighted by molar-refractivity contribution is 6.13. The monoisotopic (exact) mass is 278 g/mol. The first-order valence-electron chi connectivity index (χ1n) is 7.36. The highest BCUT2D eigenvalue weighted by Crippen LogP contribution is 2.24. The number of hydrogen-bond acceptors (Lipinski definition) is 2. The molecule has 0 bridgehead atoms. The van der Waals surface area contributed by atoms with Gasteiger partial charge in [0.15, 0.2) is 5.78 Å². The third kappa shape index (κ3) is 3.40. The molecule has 0 aliphatic heterocycles. The van der Waals surface area contributed by atoms with Crippen molar-refractivity contribution in [1.29, 1.82) is 0 Å². The topological polar surface area (TPSA) is 26.3 Å². The molecule has 0 radical (unpaired) electrons. The first-order valence-corrected chi connectivity index (χ1v) is 7.36. The van der Waals surface area contributed by atoms with Gasteiger partial charge >= 0.3 is 0 Å². The molecule has 106 valence electrons. The summed E-state index contributed by atoms with van der Waals surface area (Å²) in [6, 6.07) is 16.2. The summed E-state index contributed by atoms with van der Waals surface area (Å²) < 4.78 is 5.74. The Balaban J connectivity index is 1.44. The zero-order valence-corrected chi connectivity index (χ0v) is 11.9. The van der Waals surface area contributed by atoms with Crippen LogP contribution in [0.5, 0.6) is 5.75 Å². The van der Waals surface area contributed by atoms with Gasteiger partial charge in [0.05, 0.1) is 6.61 Å². The molecule has 21 heavy (non-hydrogen) atoms. The molecular formula is C19H18O2. The second-order valence-electron chi connectivity index (χ2n) is 5.24. The Morgan fingerprint density at radius 1 is 0.905 bits per heavy atom. The Kier molecular flexibility index (Phi) is 4.15. The molecule has 0 fully saturated rings. The Bertz CT molecular complexity index is 657. The first kappa shape index (κ1) is 13.6. The number of carbonyl (C=O) groups is 1. The molecule has 1 aliphatic carbocycles. The number of rotatable bonds is 6. The minimum Gasteiger partial charge on any atom is -0.494 e. The fourth-order valence-electron chi connectivity index (χ4n) is 2.51. The fraction of sp³-hybridized carbons (Fsp3) is 0.211. The van der Waals surface area contributed by atoms with Crippen molar-refractivity contribution in [2.75, 3.05) is 6.61 Å². The van der Waals surface area contributed by atoms with Gasteiger partial charge in [-0.25, -0.2) is 0 Å². The fourth-order valence-corrected chi connectivity index (χ4v) is 2.51. The third-order valence-corrected chi connectivity index (χ3v) is 3.68. The SMILES string of the molecule is O=C1C=Cc2ccc(OCCCCc3ccccc3)cc21. The van der Waals surface area contributed by atoms with Crippen molar-refractivity contribution in [2.45, 2.75) is 19.3 Å². The lowest BCUT2D eigenvalue weighted by Crippen LogP contribution is -2.00. The summed E-state index contributed by atoms with van der Waals surface area (Å²) in [5, 5.41) is 0. The molecule has 2 heteroatoms. The lowest BCUT2D eigenvalue weighted by Gasteiger charge is -2.07. The van der Waals surface area contributed by atoms with Crippen LogP contribution in [0.2, 0.25) is 0 Å². The Labute approximate surface area is 125 Å². The predicted octanol–water partition coefficient (Wildman–Crippen LogP) is 4.30. The highest BCUT2D eigenvalue weighted by atomic mass is 16.5. The number of ketones is 1. The van der Waals surface area contributed by atoms with Crippen molar-refractivity contribution in [3.05, 3.63) is 71.3 Å². The van der Waals surface area contributed by atoms with Crippen LogP contribution < -0.4 is 4.74 Å². The largest absolute Gasteiger partial charge is 0.494 e. The van der Waals surface area contributed by atoms with Gasteiger partial charge in [-0.05, 0) is 48.6 Å². The van der Waals surface area contributed by atoms with Crippen LogP contribution in [0, 0.1) is 0 Å². The van der Waals surface area contributed by atoms with Gasteiger partial charge < -0.3 is 4.74 Å². The molecular weight excluding hydrogens is 260 g/mol. The molecule has 0 saturated carbocycles. The van der Waals surface area contributed by atoms with Crippen LogP contribution in [0.1, 0.15) is 34.3 Å². The summed E-state index contributed by atoms with van der Waals surface area (Å²) in [6.07, 6.45) is 6.65. The van der Waals surface area contributed by atoms with E-state index in [-0.39, 0.29) is 5.78 Å². The molecule has 0 saturated heterocycles. The van der Waals surface area contributed by atoms with Crippen LogP contribution in [-0.2, 0) is 6.42 Å². The summed E-state index contributed by atoms with van der Waals surface area (Å²) in [5.74, 6) is 0.852. The van der Waals surface area contributed by atoms with Crippen LogP contribution in [0.25, 0.3) is 6.08 Å². The Hall–Kier alpha value is -2.35. The summed E-state index contributed by atoms with van der Waals surface area (Å²) in [5.41, 5.74) is 3.10. The van der Waals surface area contributed by atoms with E-state index in [0.29, 0.717) is 6.61 Å². The molecule has 0 spiro atoms. The number of hydrogen-bond donors (Lipinski definition) is 0. The number of ether oxygens (including phenoxy) is 1. The van der Waals surface area contributed by atoms with E-state index < -0.39 is 0 Å². The number of fused-ring (bicyclic) bond motifs is 1. The maximum absolute atomic E-state index is 11.6. The lowest BCUT2D eigenvalue weighted by atomic mass is 10.1. The number of allylic oxidation sites excluding steroid dienone is 1. The molecule has 2 aromatic carbocycles. The average molecular weight is 278 g/mol. The smallest absolute Gasteiger partial charge is 0.186 e. The van der Waals surface area contributed by atoms with Gasteiger partial charge in [-0.15, -0.1) is 0 Å². The van der Waals surface area contributed by atoms with Crippen LogP contribution in [0.4, 0.5) is 0 Å². The maximum atomic E-state index is 11.6. The van der Waals surface area contributed by atoms with Crippen LogP contribution in [-0.4, -0.2) is 12.4 Å². The molecule has 3 rings (SSSR count). The van der Waals surface area contributed by atoms with Gasteiger partial charge in [0.2, 0.25) is 0 Å². The molecule has 2 nitrogen and oxygen atoms in total. The van der Waals surface area contributed by atoms with E-state index in [1.807, 2.05) is 30.3 Å². The van der Waals surface area contributed by atoms with Gasteiger partial charge in [0.1, 0.15) is 5.75 Å². The van der Waals surface area contributed by atoms with Gasteiger partial charge in [-0.1, -0.05) is 42.5 Å². The van der Waals surface area contributed by atoms with Gasteiger partial charge in [-0.3, -0.25) is 4.79 Å². The second kappa shape index (κ2) is 6.40. The molecule has 0 unspecified atom stereocenters. The maximum Gasteiger partial charge on any atom is 0.186 e. The normalized spacial score (nSPS) is 12.5. The average Bonchev–Trinajstić information content (AvgIpc) is 2.89. The standard InChI is InChI=1S/C19H18O2/c20-19-12-10-16-9-11-17(14-18(16)19)21-13-5-4-8-15-6-2-1-3-7-15/h1-3,6-7,9-12,14H,4-5,8,13H2. The van der Waals surface area contributed by atoms with Gasteiger partial charge in [0, 0.05) is 5.56 Å². The Morgan fingerprint density at radius 3 is 2.62 bits per heavy atom. The molecule has 0 atom stereocenters. The third-order valence-electron chi connectivity index (χ3n) is 3.68. The quantitative estimate of drug-likeness (QED) is 0.736. The second-order valence-corrected chi connectivity index (χ2v) is 5.24. The van der Waals surface area contributed by atoms with E-state index in [0.717, 1.165) is 36.1 Å². The van der Waals surface area contributed by atoms with Crippen molar-refractivity contribution < 1.29 is 9.53 Å². The van der Waals surface area contributed by atoms with Crippen LogP contribution >= 0.6 is 0 Å². The van der Waals surface area contributed by atoms with E-state index >= 15 is 0 Å². The predicted molar refractivity (Wildman–Crippen MR) is 84.7 cm³/mol. The molecule has 0 heterocycles. The minimum atomic E-state index is 0.0690. The number of benzene rings is 2. The number of aryl methyl sites for hydroxylation is 1. The van der Waals surface area contributed by atoms with Crippen molar-refractivity contribution in [3.8, 4) is 5.75 Å². The van der Waals surface area contributed by atoms with E-state index in [4.69, 9.17) is 4.74 Å². The Morgan fingerprint density at radius 2 is 1.76 bits per heavy atom. The van der Waals surface area contributed by atoms with Crippen molar-refractivity contribution >= 4 is 11.9 Å². The van der Waals surface area contributed by atoms with Gasteiger partial charge in [0.25, 0.3) is 0 Å². The van der Waals surface area contributed by atoms with E-state index in [9.17, 15) is 4.79 Å². The summed E-state index contributed by atoms with van der Waals surface area (Å²) in [7, 11) is 0. The summed E-state index contributed by atoms with van der Waals surface area (Å²) >= 11 is 0. The van der Waals surface area contributed by atoms with E-state index in [1.165, 1.54) is 5.56 Å². The van der Waals surface area contributed by atoms with Crippen molar-refractivity contribution in [2.24, 2.45) is 0 Å². The van der Waals surface area contributed by atoms with E-state index in [2.05, 4.69) is 24.3 Å².